The van der Waals surface area contributed by atoms with Crippen molar-refractivity contribution < 1.29 is 13.6 Å². The number of thiazole rings is 1. The van der Waals surface area contributed by atoms with Crippen molar-refractivity contribution in [3.05, 3.63) is 51.5 Å². The molecule has 1 N–H and O–H groups in total. The number of benzene rings is 1. The van der Waals surface area contributed by atoms with E-state index in [1.54, 1.807) is 0 Å². The highest BCUT2D eigenvalue weighted by atomic mass is 32.1. The minimum Gasteiger partial charge on any atom is -0.333 e. The SMILES string of the molecule is Cc1nc(C)c(CNC(=O)N(Cc2ccccc2)CC(F)F)s1. The molecule has 1 heterocycles. The molecule has 0 aliphatic rings. The monoisotopic (exact) mass is 339 g/mol. The molecule has 124 valence electrons. The Morgan fingerprint density at radius 3 is 2.57 bits per heavy atom. The number of nitrogens with one attached hydrogen (secondary N) is 1. The first-order valence-electron chi connectivity index (χ1n) is 7.23. The van der Waals surface area contributed by atoms with E-state index < -0.39 is 19.0 Å². The number of hydrogen-bond acceptors (Lipinski definition) is 3. The number of carbonyl (C=O) groups excluding carboxylic acids is 1. The van der Waals surface area contributed by atoms with Crippen LogP contribution in [0.5, 0.6) is 0 Å². The first-order valence-corrected chi connectivity index (χ1v) is 8.05. The molecule has 0 saturated heterocycles. The first-order chi connectivity index (χ1) is 11.0. The summed E-state index contributed by atoms with van der Waals surface area (Å²) < 4.78 is 25.5. The van der Waals surface area contributed by atoms with Crippen LogP contribution in [-0.2, 0) is 13.1 Å². The van der Waals surface area contributed by atoms with E-state index in [2.05, 4.69) is 10.3 Å². The summed E-state index contributed by atoms with van der Waals surface area (Å²) in [6.45, 7) is 3.61. The second-order valence-electron chi connectivity index (χ2n) is 5.16. The molecule has 0 bridgehead atoms. The number of rotatable bonds is 6. The zero-order valence-electron chi connectivity index (χ0n) is 13.1. The third-order valence-electron chi connectivity index (χ3n) is 3.26. The highest BCUT2D eigenvalue weighted by Gasteiger charge is 2.19. The Labute approximate surface area is 138 Å². The van der Waals surface area contributed by atoms with Gasteiger partial charge in [0.25, 0.3) is 6.43 Å². The van der Waals surface area contributed by atoms with Crippen molar-refractivity contribution in [3.63, 3.8) is 0 Å². The van der Waals surface area contributed by atoms with Crippen molar-refractivity contribution >= 4 is 17.4 Å². The number of aryl methyl sites for hydroxylation is 2. The Morgan fingerprint density at radius 1 is 1.30 bits per heavy atom. The smallest absolute Gasteiger partial charge is 0.318 e. The Bertz CT molecular complexity index is 646. The second kappa shape index (κ2) is 8.01. The summed E-state index contributed by atoms with van der Waals surface area (Å²) in [7, 11) is 0. The quantitative estimate of drug-likeness (QED) is 0.871. The van der Waals surface area contributed by atoms with Crippen LogP contribution in [0, 0.1) is 13.8 Å². The Hall–Kier alpha value is -2.02. The molecule has 1 aromatic heterocycles. The molecule has 7 heteroatoms. The molecule has 0 atom stereocenters. The fraction of sp³-hybridized carbons (Fsp3) is 0.375. The molecule has 1 aromatic carbocycles. The van der Waals surface area contributed by atoms with Gasteiger partial charge in [-0.3, -0.25) is 0 Å². The van der Waals surface area contributed by atoms with Gasteiger partial charge in [0, 0.05) is 11.4 Å². The van der Waals surface area contributed by atoms with Crippen LogP contribution in [0.4, 0.5) is 13.6 Å². The van der Waals surface area contributed by atoms with Crippen molar-refractivity contribution in [1.82, 2.24) is 15.2 Å². The number of amides is 2. The van der Waals surface area contributed by atoms with Gasteiger partial charge in [0.2, 0.25) is 0 Å². The molecular weight excluding hydrogens is 320 g/mol. The molecule has 23 heavy (non-hydrogen) atoms. The van der Waals surface area contributed by atoms with E-state index in [-0.39, 0.29) is 6.54 Å². The molecule has 2 amide bonds. The van der Waals surface area contributed by atoms with Crippen LogP contribution in [0.25, 0.3) is 0 Å². The van der Waals surface area contributed by atoms with Gasteiger partial charge >= 0.3 is 6.03 Å². The number of nitrogens with zero attached hydrogens (tertiary/aromatic N) is 2. The summed E-state index contributed by atoms with van der Waals surface area (Å²) in [5.41, 5.74) is 1.67. The summed E-state index contributed by atoms with van der Waals surface area (Å²) in [6, 6.07) is 8.59. The fourth-order valence-electron chi connectivity index (χ4n) is 2.19. The van der Waals surface area contributed by atoms with Gasteiger partial charge in [-0.1, -0.05) is 30.3 Å². The van der Waals surface area contributed by atoms with Gasteiger partial charge in [-0.15, -0.1) is 11.3 Å². The fourth-order valence-corrected chi connectivity index (χ4v) is 3.07. The third-order valence-corrected chi connectivity index (χ3v) is 4.33. The summed E-state index contributed by atoms with van der Waals surface area (Å²) in [5, 5.41) is 3.62. The van der Waals surface area contributed by atoms with Crippen molar-refractivity contribution in [2.24, 2.45) is 0 Å². The molecule has 0 radical (unpaired) electrons. The summed E-state index contributed by atoms with van der Waals surface area (Å²) in [5.74, 6) is 0. The standard InChI is InChI=1S/C16H19F2N3OS/c1-11-14(23-12(2)20-11)8-19-16(22)21(10-15(17)18)9-13-6-4-3-5-7-13/h3-7,15H,8-10H2,1-2H3,(H,19,22). The summed E-state index contributed by atoms with van der Waals surface area (Å²) in [4.78, 5) is 18.6. The predicted octanol–water partition coefficient (Wildman–Crippen LogP) is 3.74. The highest BCUT2D eigenvalue weighted by molar-refractivity contribution is 7.11. The molecule has 0 fully saturated rings. The van der Waals surface area contributed by atoms with Crippen LogP contribution in [0.1, 0.15) is 21.1 Å². The lowest BCUT2D eigenvalue weighted by Crippen LogP contribution is -2.41. The molecule has 4 nitrogen and oxygen atoms in total. The minimum atomic E-state index is -2.57. The molecular formula is C16H19F2N3OS. The van der Waals surface area contributed by atoms with Crippen molar-refractivity contribution in [2.45, 2.75) is 33.4 Å². The van der Waals surface area contributed by atoms with Crippen LogP contribution < -0.4 is 5.32 Å². The number of urea groups is 1. The van der Waals surface area contributed by atoms with Crippen LogP contribution in [0.3, 0.4) is 0 Å². The van der Waals surface area contributed by atoms with Crippen LogP contribution in [0.2, 0.25) is 0 Å². The van der Waals surface area contributed by atoms with E-state index in [1.807, 2.05) is 44.2 Å². The van der Waals surface area contributed by atoms with Gasteiger partial charge in [-0.05, 0) is 19.4 Å². The van der Waals surface area contributed by atoms with Gasteiger partial charge in [-0.25, -0.2) is 18.6 Å². The second-order valence-corrected chi connectivity index (χ2v) is 6.45. The molecule has 0 spiro atoms. The van der Waals surface area contributed by atoms with Gasteiger partial charge in [0.05, 0.1) is 23.8 Å². The van der Waals surface area contributed by atoms with Gasteiger partial charge in [0.15, 0.2) is 0 Å². The molecule has 0 aliphatic carbocycles. The van der Waals surface area contributed by atoms with Crippen LogP contribution in [0.15, 0.2) is 30.3 Å². The third kappa shape index (κ3) is 5.28. The lowest BCUT2D eigenvalue weighted by Gasteiger charge is -2.22. The number of alkyl halides is 2. The van der Waals surface area contributed by atoms with Gasteiger partial charge in [0.1, 0.15) is 0 Å². The Balaban J connectivity index is 2.00. The van der Waals surface area contributed by atoms with E-state index in [4.69, 9.17) is 0 Å². The molecule has 0 unspecified atom stereocenters. The normalized spacial score (nSPS) is 10.8. The molecule has 2 rings (SSSR count). The topological polar surface area (TPSA) is 45.2 Å². The number of aromatic nitrogens is 1. The zero-order valence-corrected chi connectivity index (χ0v) is 13.9. The number of carbonyl (C=O) groups is 1. The Morgan fingerprint density at radius 2 is 2.00 bits per heavy atom. The summed E-state index contributed by atoms with van der Waals surface area (Å²) >= 11 is 1.49. The lowest BCUT2D eigenvalue weighted by molar-refractivity contribution is 0.0956. The summed E-state index contributed by atoms with van der Waals surface area (Å²) in [6.07, 6.45) is -2.57. The van der Waals surface area contributed by atoms with E-state index in [9.17, 15) is 13.6 Å². The molecule has 0 saturated carbocycles. The number of hydrogen-bond donors (Lipinski definition) is 1. The maximum atomic E-state index is 12.7. The van der Waals surface area contributed by atoms with Crippen molar-refractivity contribution in [2.75, 3.05) is 6.54 Å². The Kier molecular flexibility index (Phi) is 6.04. The number of halogens is 2. The average Bonchev–Trinajstić information content (AvgIpc) is 2.82. The first kappa shape index (κ1) is 17.3. The lowest BCUT2D eigenvalue weighted by atomic mass is 10.2. The van der Waals surface area contributed by atoms with Crippen molar-refractivity contribution in [1.29, 1.82) is 0 Å². The largest absolute Gasteiger partial charge is 0.333 e. The van der Waals surface area contributed by atoms with E-state index >= 15 is 0 Å². The maximum Gasteiger partial charge on any atom is 0.318 e. The highest BCUT2D eigenvalue weighted by Crippen LogP contribution is 2.17. The van der Waals surface area contributed by atoms with Gasteiger partial charge in [-0.2, -0.15) is 0 Å². The van der Waals surface area contributed by atoms with E-state index in [0.29, 0.717) is 6.54 Å². The van der Waals surface area contributed by atoms with E-state index in [1.165, 1.54) is 11.3 Å². The van der Waals surface area contributed by atoms with Gasteiger partial charge < -0.3 is 10.2 Å². The molecule has 0 aliphatic heterocycles. The zero-order chi connectivity index (χ0) is 16.8. The van der Waals surface area contributed by atoms with E-state index in [0.717, 1.165) is 26.0 Å². The molecule has 2 aromatic rings. The predicted molar refractivity (Wildman–Crippen MR) is 86.7 cm³/mol. The average molecular weight is 339 g/mol. The van der Waals surface area contributed by atoms with Crippen LogP contribution >= 0.6 is 11.3 Å². The van der Waals surface area contributed by atoms with Crippen LogP contribution in [-0.4, -0.2) is 28.9 Å². The van der Waals surface area contributed by atoms with Crippen molar-refractivity contribution in [3.8, 4) is 0 Å². The minimum absolute atomic E-state index is 0.151. The maximum absolute atomic E-state index is 12.7.